The summed E-state index contributed by atoms with van der Waals surface area (Å²) in [5.74, 6) is -0.319. The SMILES string of the molecule is O=C(c1ccc(C(F)(F)F)s1)N1C[C@@H]2C[C@H](NS(=O)(=O)c3cccs3)[C@H]1C2. The van der Waals surface area contributed by atoms with Gasteiger partial charge in [-0.05, 0) is 42.3 Å². The molecule has 2 fully saturated rings. The van der Waals surface area contributed by atoms with Gasteiger partial charge in [0.25, 0.3) is 5.91 Å². The van der Waals surface area contributed by atoms with E-state index in [0.29, 0.717) is 30.7 Å². The van der Waals surface area contributed by atoms with Crippen LogP contribution in [0, 0.1) is 5.92 Å². The van der Waals surface area contributed by atoms with Crippen LogP contribution in [0.15, 0.2) is 33.9 Å². The highest BCUT2D eigenvalue weighted by atomic mass is 32.2. The molecular weight excluding hydrogens is 421 g/mol. The third-order valence-corrected chi connectivity index (χ3v) is 8.91. The van der Waals surface area contributed by atoms with Crippen LogP contribution in [0.4, 0.5) is 13.2 Å². The third-order valence-electron chi connectivity index (χ3n) is 4.91. The number of piperidine rings is 1. The minimum atomic E-state index is -4.48. The number of likely N-dealkylation sites (tertiary alicyclic amines) is 1. The number of nitrogens with zero attached hydrogens (tertiary/aromatic N) is 1. The summed E-state index contributed by atoms with van der Waals surface area (Å²) in [5.41, 5.74) is 0. The maximum absolute atomic E-state index is 12.8. The molecule has 1 aliphatic heterocycles. The molecule has 2 bridgehead atoms. The van der Waals surface area contributed by atoms with E-state index in [-0.39, 0.29) is 21.0 Å². The maximum Gasteiger partial charge on any atom is 0.425 e. The lowest BCUT2D eigenvalue weighted by atomic mass is 10.1. The highest BCUT2D eigenvalue weighted by Gasteiger charge is 2.48. The number of halogens is 3. The molecule has 146 valence electrons. The quantitative estimate of drug-likeness (QED) is 0.799. The molecule has 0 unspecified atom stereocenters. The van der Waals surface area contributed by atoms with E-state index in [0.717, 1.165) is 17.4 Å². The lowest BCUT2D eigenvalue weighted by Crippen LogP contribution is -2.51. The summed E-state index contributed by atoms with van der Waals surface area (Å²) < 4.78 is 66.1. The first-order valence-electron chi connectivity index (χ1n) is 8.19. The van der Waals surface area contributed by atoms with Crippen LogP contribution >= 0.6 is 22.7 Å². The van der Waals surface area contributed by atoms with Crippen LogP contribution in [0.1, 0.15) is 27.4 Å². The van der Waals surface area contributed by atoms with Crippen molar-refractivity contribution in [1.29, 1.82) is 0 Å². The van der Waals surface area contributed by atoms with Gasteiger partial charge in [0.05, 0.1) is 4.88 Å². The Morgan fingerprint density at radius 1 is 1.22 bits per heavy atom. The normalized spacial score (nSPS) is 25.3. The smallest absolute Gasteiger partial charge is 0.333 e. The number of hydrogen-bond donors (Lipinski definition) is 1. The third kappa shape index (κ3) is 3.53. The molecule has 1 N–H and O–H groups in total. The Hall–Kier alpha value is -1.43. The number of carbonyl (C=O) groups excluding carboxylic acids is 1. The molecular formula is C16H15F3N2O3S3. The standard InChI is InChI=1S/C16H15F3N2O3S3/c17-16(18,19)13-4-3-12(26-13)15(22)21-8-9-6-10(11(21)7-9)20-27(23,24)14-2-1-5-25-14/h1-5,9-11,20H,6-8H2/t9-,10+,11-/m1/s1. The minimum Gasteiger partial charge on any atom is -0.333 e. The van der Waals surface area contributed by atoms with Crippen LogP contribution in [0.25, 0.3) is 0 Å². The lowest BCUT2D eigenvalue weighted by molar-refractivity contribution is -0.134. The van der Waals surface area contributed by atoms with Crippen molar-refractivity contribution >= 4 is 38.6 Å². The average molecular weight is 437 g/mol. The predicted molar refractivity (Wildman–Crippen MR) is 95.3 cm³/mol. The molecule has 2 aromatic heterocycles. The molecule has 1 amide bonds. The lowest BCUT2D eigenvalue weighted by Gasteiger charge is -2.33. The van der Waals surface area contributed by atoms with E-state index in [2.05, 4.69) is 4.72 Å². The van der Waals surface area contributed by atoms with Gasteiger partial charge >= 0.3 is 6.18 Å². The van der Waals surface area contributed by atoms with Gasteiger partial charge in [0.15, 0.2) is 0 Å². The fourth-order valence-corrected chi connectivity index (χ4v) is 6.93. The van der Waals surface area contributed by atoms with E-state index in [1.54, 1.807) is 11.4 Å². The molecule has 1 saturated carbocycles. The number of amides is 1. The van der Waals surface area contributed by atoms with Crippen molar-refractivity contribution in [1.82, 2.24) is 9.62 Å². The second-order valence-corrected chi connectivity index (χ2v) is 10.7. The topological polar surface area (TPSA) is 66.5 Å². The number of nitrogens with one attached hydrogen (secondary N) is 1. The van der Waals surface area contributed by atoms with E-state index in [4.69, 9.17) is 0 Å². The molecule has 1 aliphatic carbocycles. The van der Waals surface area contributed by atoms with Crippen LogP contribution in [0.5, 0.6) is 0 Å². The zero-order chi connectivity index (χ0) is 19.4. The van der Waals surface area contributed by atoms with Crippen molar-refractivity contribution in [3.8, 4) is 0 Å². The van der Waals surface area contributed by atoms with Crippen molar-refractivity contribution < 1.29 is 26.4 Å². The van der Waals surface area contributed by atoms with Gasteiger partial charge in [0, 0.05) is 18.6 Å². The largest absolute Gasteiger partial charge is 0.425 e. The Morgan fingerprint density at radius 3 is 2.59 bits per heavy atom. The van der Waals surface area contributed by atoms with E-state index < -0.39 is 33.0 Å². The molecule has 4 rings (SSSR count). The zero-order valence-electron chi connectivity index (χ0n) is 13.8. The van der Waals surface area contributed by atoms with Crippen molar-refractivity contribution in [3.63, 3.8) is 0 Å². The van der Waals surface area contributed by atoms with Crippen LogP contribution in [0.2, 0.25) is 0 Å². The molecule has 1 saturated heterocycles. The second-order valence-electron chi connectivity index (χ2n) is 6.68. The van der Waals surface area contributed by atoms with Gasteiger partial charge < -0.3 is 4.90 Å². The molecule has 0 radical (unpaired) electrons. The van der Waals surface area contributed by atoms with Crippen molar-refractivity contribution in [2.24, 2.45) is 5.92 Å². The monoisotopic (exact) mass is 436 g/mol. The second kappa shape index (κ2) is 6.57. The van der Waals surface area contributed by atoms with E-state index in [9.17, 15) is 26.4 Å². The minimum absolute atomic E-state index is 0.0229. The van der Waals surface area contributed by atoms with Crippen LogP contribution in [-0.4, -0.2) is 37.9 Å². The summed E-state index contributed by atoms with van der Waals surface area (Å²) in [7, 11) is -3.67. The number of sulfonamides is 1. The van der Waals surface area contributed by atoms with Crippen molar-refractivity contribution in [2.45, 2.75) is 35.3 Å². The Balaban J connectivity index is 1.51. The molecule has 2 aromatic rings. The summed E-state index contributed by atoms with van der Waals surface area (Å²) in [4.78, 5) is 13.4. The molecule has 5 nitrogen and oxygen atoms in total. The Morgan fingerprint density at radius 2 is 2.00 bits per heavy atom. The molecule has 0 aromatic carbocycles. The fourth-order valence-electron chi connectivity index (χ4n) is 3.81. The number of hydrogen-bond acceptors (Lipinski definition) is 5. The van der Waals surface area contributed by atoms with Crippen LogP contribution < -0.4 is 4.72 Å². The summed E-state index contributed by atoms with van der Waals surface area (Å²) >= 11 is 1.53. The first-order chi connectivity index (χ1) is 12.6. The Bertz CT molecular complexity index is 953. The number of fused-ring (bicyclic) bond motifs is 2. The first-order valence-corrected chi connectivity index (χ1v) is 11.4. The number of thiophene rings is 2. The summed E-state index contributed by atoms with van der Waals surface area (Å²) in [6.45, 7) is 0.444. The average Bonchev–Trinajstić information content (AvgIpc) is 3.34. The molecule has 3 atom stereocenters. The summed E-state index contributed by atoms with van der Waals surface area (Å²) in [5, 5.41) is 1.67. The number of rotatable bonds is 4. The highest BCUT2D eigenvalue weighted by Crippen LogP contribution is 2.41. The van der Waals surface area contributed by atoms with E-state index in [1.807, 2.05) is 0 Å². The van der Waals surface area contributed by atoms with Gasteiger partial charge in [-0.3, -0.25) is 4.79 Å². The Labute approximate surface area is 161 Å². The maximum atomic E-state index is 12.8. The van der Waals surface area contributed by atoms with Gasteiger partial charge in [-0.25, -0.2) is 13.1 Å². The molecule has 2 aliphatic rings. The van der Waals surface area contributed by atoms with Gasteiger partial charge in [-0.15, -0.1) is 22.7 Å². The van der Waals surface area contributed by atoms with Gasteiger partial charge in [0.1, 0.15) is 9.09 Å². The van der Waals surface area contributed by atoms with E-state index in [1.165, 1.54) is 17.0 Å². The molecule has 27 heavy (non-hydrogen) atoms. The van der Waals surface area contributed by atoms with Crippen molar-refractivity contribution in [2.75, 3.05) is 6.54 Å². The highest BCUT2D eigenvalue weighted by molar-refractivity contribution is 7.91. The Kier molecular flexibility index (Phi) is 4.60. The first kappa shape index (κ1) is 18.9. The molecule has 0 spiro atoms. The number of carbonyl (C=O) groups is 1. The van der Waals surface area contributed by atoms with Gasteiger partial charge in [0.2, 0.25) is 10.0 Å². The predicted octanol–water partition coefficient (Wildman–Crippen LogP) is 3.41. The zero-order valence-corrected chi connectivity index (χ0v) is 16.2. The summed E-state index contributed by atoms with van der Waals surface area (Å²) in [6, 6.07) is 4.48. The van der Waals surface area contributed by atoms with Crippen LogP contribution in [-0.2, 0) is 16.2 Å². The van der Waals surface area contributed by atoms with Crippen molar-refractivity contribution in [3.05, 3.63) is 39.4 Å². The molecule has 11 heteroatoms. The van der Waals surface area contributed by atoms with Gasteiger partial charge in [-0.2, -0.15) is 13.2 Å². The summed E-state index contributed by atoms with van der Waals surface area (Å²) in [6.07, 6.45) is -3.20. The fraction of sp³-hybridized carbons (Fsp3) is 0.438. The molecule has 3 heterocycles. The van der Waals surface area contributed by atoms with E-state index >= 15 is 0 Å². The number of alkyl halides is 3. The van der Waals surface area contributed by atoms with Crippen LogP contribution in [0.3, 0.4) is 0 Å². The van der Waals surface area contributed by atoms with Gasteiger partial charge in [-0.1, -0.05) is 6.07 Å².